The summed E-state index contributed by atoms with van der Waals surface area (Å²) in [6.45, 7) is 4.36. The minimum absolute atomic E-state index is 0.233. The number of hydrogen-bond donors (Lipinski definition) is 1. The molecule has 2 heteroatoms. The van der Waals surface area contributed by atoms with Crippen molar-refractivity contribution in [2.45, 2.75) is 38.8 Å². The van der Waals surface area contributed by atoms with Crippen molar-refractivity contribution in [2.75, 3.05) is 0 Å². The first-order valence-electron chi connectivity index (χ1n) is 6.65. The summed E-state index contributed by atoms with van der Waals surface area (Å²) in [7, 11) is 0. The van der Waals surface area contributed by atoms with Crippen molar-refractivity contribution < 1.29 is 4.42 Å². The largest absolute Gasteiger partial charge is 0.468 e. The van der Waals surface area contributed by atoms with Crippen molar-refractivity contribution in [3.63, 3.8) is 0 Å². The van der Waals surface area contributed by atoms with Gasteiger partial charge in [0.2, 0.25) is 0 Å². The van der Waals surface area contributed by atoms with Gasteiger partial charge in [-0.2, -0.15) is 0 Å². The molecule has 1 heterocycles. The molecule has 0 bridgehead atoms. The molecule has 2 aromatic rings. The maximum Gasteiger partial charge on any atom is 0.120 e. The van der Waals surface area contributed by atoms with Crippen LogP contribution in [0.1, 0.15) is 50.1 Å². The lowest BCUT2D eigenvalue weighted by Crippen LogP contribution is -2.24. The van der Waals surface area contributed by atoms with Crippen LogP contribution < -0.4 is 5.32 Å². The number of benzene rings is 1. The van der Waals surface area contributed by atoms with Gasteiger partial charge in [-0.15, -0.1) is 0 Å². The van der Waals surface area contributed by atoms with Gasteiger partial charge in [0.05, 0.1) is 12.3 Å². The number of hydrogen-bond acceptors (Lipinski definition) is 2. The number of nitrogens with one attached hydrogen (secondary N) is 1. The van der Waals surface area contributed by atoms with E-state index in [9.17, 15) is 0 Å². The summed E-state index contributed by atoms with van der Waals surface area (Å²) in [5.41, 5.74) is 1.35. The standard InChI is InChI=1S/C16H21NO/c1-3-8-15(14-9-5-4-6-10-14)17-13(2)16-11-7-12-18-16/h4-7,9-13,15,17H,3,8H2,1-2H3. The van der Waals surface area contributed by atoms with E-state index in [-0.39, 0.29) is 6.04 Å². The molecule has 0 saturated carbocycles. The highest BCUT2D eigenvalue weighted by molar-refractivity contribution is 5.19. The molecule has 1 aromatic carbocycles. The van der Waals surface area contributed by atoms with E-state index >= 15 is 0 Å². The highest BCUT2D eigenvalue weighted by Crippen LogP contribution is 2.23. The summed E-state index contributed by atoms with van der Waals surface area (Å²) in [4.78, 5) is 0. The van der Waals surface area contributed by atoms with Crippen molar-refractivity contribution in [3.05, 3.63) is 60.1 Å². The Balaban J connectivity index is 2.07. The average Bonchev–Trinajstić information content (AvgIpc) is 2.93. The molecule has 2 unspecified atom stereocenters. The summed E-state index contributed by atoms with van der Waals surface area (Å²) >= 11 is 0. The molecule has 0 aliphatic rings. The molecule has 0 saturated heterocycles. The molecule has 0 radical (unpaired) electrons. The maximum atomic E-state index is 5.45. The van der Waals surface area contributed by atoms with Gasteiger partial charge in [0.25, 0.3) is 0 Å². The van der Waals surface area contributed by atoms with E-state index in [1.54, 1.807) is 6.26 Å². The van der Waals surface area contributed by atoms with Gasteiger partial charge >= 0.3 is 0 Å². The van der Waals surface area contributed by atoms with E-state index in [1.807, 2.05) is 12.1 Å². The van der Waals surface area contributed by atoms with Crippen molar-refractivity contribution >= 4 is 0 Å². The van der Waals surface area contributed by atoms with Gasteiger partial charge in [-0.05, 0) is 31.0 Å². The van der Waals surface area contributed by atoms with Gasteiger partial charge in [0.15, 0.2) is 0 Å². The highest BCUT2D eigenvalue weighted by Gasteiger charge is 2.15. The Kier molecular flexibility index (Phi) is 4.59. The van der Waals surface area contributed by atoms with Crippen LogP contribution in [0.5, 0.6) is 0 Å². The van der Waals surface area contributed by atoms with Crippen LogP contribution >= 0.6 is 0 Å². The third kappa shape index (κ3) is 3.23. The van der Waals surface area contributed by atoms with E-state index in [2.05, 4.69) is 49.5 Å². The zero-order valence-corrected chi connectivity index (χ0v) is 11.1. The van der Waals surface area contributed by atoms with E-state index in [4.69, 9.17) is 4.42 Å². The first-order chi connectivity index (χ1) is 8.81. The lowest BCUT2D eigenvalue weighted by molar-refractivity contribution is 0.379. The monoisotopic (exact) mass is 243 g/mol. The molecule has 0 amide bonds. The lowest BCUT2D eigenvalue weighted by atomic mass is 10.0. The van der Waals surface area contributed by atoms with Gasteiger partial charge in [0.1, 0.15) is 5.76 Å². The van der Waals surface area contributed by atoms with Crippen LogP contribution in [0.25, 0.3) is 0 Å². The fourth-order valence-electron chi connectivity index (χ4n) is 2.24. The highest BCUT2D eigenvalue weighted by atomic mass is 16.3. The Morgan fingerprint density at radius 3 is 2.50 bits per heavy atom. The Hall–Kier alpha value is -1.54. The van der Waals surface area contributed by atoms with Gasteiger partial charge in [-0.25, -0.2) is 0 Å². The molecule has 96 valence electrons. The minimum Gasteiger partial charge on any atom is -0.468 e. The van der Waals surface area contributed by atoms with Gasteiger partial charge in [0, 0.05) is 6.04 Å². The predicted molar refractivity (Wildman–Crippen MR) is 74.3 cm³/mol. The zero-order valence-electron chi connectivity index (χ0n) is 11.1. The van der Waals surface area contributed by atoms with Crippen LogP contribution in [0.2, 0.25) is 0 Å². The van der Waals surface area contributed by atoms with Crippen molar-refractivity contribution in [1.29, 1.82) is 0 Å². The first kappa shape index (κ1) is 12.9. The van der Waals surface area contributed by atoms with E-state index in [1.165, 1.54) is 5.56 Å². The maximum absolute atomic E-state index is 5.45. The van der Waals surface area contributed by atoms with Crippen LogP contribution in [0, 0.1) is 0 Å². The molecule has 1 N–H and O–H groups in total. The molecule has 2 rings (SSSR count). The average molecular weight is 243 g/mol. The second kappa shape index (κ2) is 6.41. The first-order valence-corrected chi connectivity index (χ1v) is 6.65. The topological polar surface area (TPSA) is 25.2 Å². The van der Waals surface area contributed by atoms with E-state index in [0.717, 1.165) is 18.6 Å². The lowest BCUT2D eigenvalue weighted by Gasteiger charge is -2.22. The molecule has 0 fully saturated rings. The van der Waals surface area contributed by atoms with Gasteiger partial charge in [-0.1, -0.05) is 43.7 Å². The van der Waals surface area contributed by atoms with Crippen molar-refractivity contribution in [2.24, 2.45) is 0 Å². The summed E-state index contributed by atoms with van der Waals surface area (Å²) in [5.74, 6) is 0.993. The fourth-order valence-corrected chi connectivity index (χ4v) is 2.24. The molecule has 1 aromatic heterocycles. The Bertz CT molecular complexity index is 435. The normalized spacial score (nSPS) is 14.3. The quantitative estimate of drug-likeness (QED) is 0.809. The van der Waals surface area contributed by atoms with E-state index in [0.29, 0.717) is 6.04 Å². The second-order valence-electron chi connectivity index (χ2n) is 4.66. The summed E-state index contributed by atoms with van der Waals surface area (Å²) in [6, 6.07) is 15.2. The molecule has 0 aliphatic carbocycles. The predicted octanol–water partition coefficient (Wildman–Crippen LogP) is 4.47. The Morgan fingerprint density at radius 2 is 1.89 bits per heavy atom. The van der Waals surface area contributed by atoms with E-state index < -0.39 is 0 Å². The van der Waals surface area contributed by atoms with Crippen LogP contribution in [0.3, 0.4) is 0 Å². The SMILES string of the molecule is CCCC(NC(C)c1ccco1)c1ccccc1. The third-order valence-corrected chi connectivity index (χ3v) is 3.20. The molecule has 18 heavy (non-hydrogen) atoms. The summed E-state index contributed by atoms with van der Waals surface area (Å²) in [6.07, 6.45) is 4.03. The van der Waals surface area contributed by atoms with Crippen molar-refractivity contribution in [1.82, 2.24) is 5.32 Å². The third-order valence-electron chi connectivity index (χ3n) is 3.20. The smallest absolute Gasteiger partial charge is 0.120 e. The zero-order chi connectivity index (χ0) is 12.8. The van der Waals surface area contributed by atoms with Crippen LogP contribution in [-0.4, -0.2) is 0 Å². The molecular weight excluding hydrogens is 222 g/mol. The molecule has 2 atom stereocenters. The minimum atomic E-state index is 0.233. The number of rotatable bonds is 6. The van der Waals surface area contributed by atoms with Crippen molar-refractivity contribution in [3.8, 4) is 0 Å². The molecule has 0 aliphatic heterocycles. The van der Waals surface area contributed by atoms with Crippen LogP contribution in [-0.2, 0) is 0 Å². The molecular formula is C16H21NO. The molecule has 2 nitrogen and oxygen atoms in total. The summed E-state index contributed by atoms with van der Waals surface area (Å²) < 4.78 is 5.45. The summed E-state index contributed by atoms with van der Waals surface area (Å²) in [5, 5.41) is 3.64. The number of furan rings is 1. The second-order valence-corrected chi connectivity index (χ2v) is 4.66. The van der Waals surface area contributed by atoms with Gasteiger partial charge < -0.3 is 9.73 Å². The van der Waals surface area contributed by atoms with Crippen LogP contribution in [0.15, 0.2) is 53.1 Å². The Morgan fingerprint density at radius 1 is 1.11 bits per heavy atom. The Labute approximate surface area is 109 Å². The van der Waals surface area contributed by atoms with Crippen LogP contribution in [0.4, 0.5) is 0 Å². The fraction of sp³-hybridized carbons (Fsp3) is 0.375. The molecule has 0 spiro atoms. The van der Waals surface area contributed by atoms with Gasteiger partial charge in [-0.3, -0.25) is 0 Å².